The number of carboxylic acids is 2. The molecule has 0 spiro atoms. The lowest BCUT2D eigenvalue weighted by molar-refractivity contribution is -0.192. The average molecular weight is 575 g/mol. The Morgan fingerprint density at radius 1 is 1.00 bits per heavy atom. The fraction of sp³-hybridized carbons (Fsp3) is 0.630. The molecule has 13 heteroatoms. The third kappa shape index (κ3) is 13.1. The number of alkyl halides is 3. The smallest absolute Gasteiger partial charge is 0.480 e. The predicted molar refractivity (Wildman–Crippen MR) is 142 cm³/mol. The van der Waals surface area contributed by atoms with E-state index in [1.165, 1.54) is 6.42 Å². The number of urea groups is 1. The van der Waals surface area contributed by atoms with Crippen LogP contribution in [0.15, 0.2) is 18.2 Å². The average Bonchev–Trinajstić information content (AvgIpc) is 2.88. The maximum atomic E-state index is 13.1. The third-order valence-electron chi connectivity index (χ3n) is 6.88. The lowest BCUT2D eigenvalue weighted by Crippen LogP contribution is -2.53. The largest absolute Gasteiger partial charge is 0.490 e. The van der Waals surface area contributed by atoms with E-state index >= 15 is 0 Å². The summed E-state index contributed by atoms with van der Waals surface area (Å²) >= 11 is 0. The zero-order chi connectivity index (χ0) is 30.3. The molecule has 226 valence electrons. The standard InChI is InChI=1S/C25H40N4O4.C2HF3O2/c1-17-9-8-12-20(18(17)2)16-27-23(30)22(15-19-10-4-3-5-11-19)29-25(33)28-21(24(31)32)13-6-7-14-26;3-2(4,5)1(6)7/h8-9,12,19,21-22H,3-7,10-11,13-16,26H2,1-2H3,(H,27,30)(H,31,32)(H2,28,29,33);(H,6,7)/t21-,22+;/m0./s1. The fourth-order valence-electron chi connectivity index (χ4n) is 4.40. The first kappa shape index (κ1) is 34.7. The minimum absolute atomic E-state index is 0.244. The van der Waals surface area contributed by atoms with E-state index in [0.29, 0.717) is 44.7 Å². The molecule has 40 heavy (non-hydrogen) atoms. The Kier molecular flexibility index (Phi) is 15.1. The van der Waals surface area contributed by atoms with Crippen LogP contribution in [0, 0.1) is 19.8 Å². The van der Waals surface area contributed by atoms with E-state index in [-0.39, 0.29) is 5.91 Å². The molecule has 0 bridgehead atoms. The SMILES string of the molecule is Cc1cccc(CNC(=O)[C@@H](CC2CCCCC2)NC(=O)N[C@@H](CCCCN)C(=O)O)c1C.O=C(O)C(F)(F)F. The van der Waals surface area contributed by atoms with Crippen molar-refractivity contribution in [2.45, 2.75) is 96.4 Å². The summed E-state index contributed by atoms with van der Waals surface area (Å²) in [5.41, 5.74) is 8.81. The van der Waals surface area contributed by atoms with Crippen LogP contribution in [0.5, 0.6) is 0 Å². The highest BCUT2D eigenvalue weighted by atomic mass is 19.4. The van der Waals surface area contributed by atoms with Gasteiger partial charge >= 0.3 is 24.1 Å². The number of unbranched alkanes of at least 4 members (excludes halogenated alkanes) is 1. The number of halogens is 3. The number of carbonyl (C=O) groups excluding carboxylic acids is 2. The van der Waals surface area contributed by atoms with Gasteiger partial charge in [0, 0.05) is 6.54 Å². The van der Waals surface area contributed by atoms with Gasteiger partial charge in [0.1, 0.15) is 12.1 Å². The highest BCUT2D eigenvalue weighted by molar-refractivity contribution is 5.88. The van der Waals surface area contributed by atoms with Gasteiger partial charge in [0.2, 0.25) is 5.91 Å². The molecule has 0 aromatic heterocycles. The number of carboxylic acid groups (broad SMARTS) is 2. The van der Waals surface area contributed by atoms with Gasteiger partial charge in [-0.15, -0.1) is 0 Å². The van der Waals surface area contributed by atoms with Crippen molar-refractivity contribution in [2.24, 2.45) is 11.7 Å². The zero-order valence-corrected chi connectivity index (χ0v) is 23.0. The number of carbonyl (C=O) groups is 4. The van der Waals surface area contributed by atoms with Gasteiger partial charge in [-0.1, -0.05) is 50.3 Å². The fourth-order valence-corrected chi connectivity index (χ4v) is 4.40. The van der Waals surface area contributed by atoms with Crippen LogP contribution in [0.25, 0.3) is 0 Å². The molecular weight excluding hydrogens is 533 g/mol. The van der Waals surface area contributed by atoms with Crippen LogP contribution >= 0.6 is 0 Å². The number of hydrogen-bond acceptors (Lipinski definition) is 5. The van der Waals surface area contributed by atoms with Crippen LogP contribution in [0.2, 0.25) is 0 Å². The number of aryl methyl sites for hydroxylation is 1. The number of aliphatic carboxylic acids is 2. The molecule has 3 amide bonds. The van der Waals surface area contributed by atoms with Crippen molar-refractivity contribution < 1.29 is 42.6 Å². The summed E-state index contributed by atoms with van der Waals surface area (Å²) in [6, 6.07) is 3.63. The topological polar surface area (TPSA) is 171 Å². The first-order chi connectivity index (χ1) is 18.8. The molecule has 1 aromatic rings. The van der Waals surface area contributed by atoms with Gasteiger partial charge in [-0.25, -0.2) is 14.4 Å². The van der Waals surface area contributed by atoms with E-state index in [9.17, 15) is 32.7 Å². The van der Waals surface area contributed by atoms with Gasteiger partial charge in [0.15, 0.2) is 0 Å². The lowest BCUT2D eigenvalue weighted by atomic mass is 9.84. The van der Waals surface area contributed by atoms with Crippen LogP contribution in [-0.4, -0.2) is 58.9 Å². The molecule has 1 saturated carbocycles. The van der Waals surface area contributed by atoms with Gasteiger partial charge < -0.3 is 31.9 Å². The summed E-state index contributed by atoms with van der Waals surface area (Å²) in [6.07, 6.45) is 2.63. The van der Waals surface area contributed by atoms with Gasteiger partial charge in [-0.2, -0.15) is 13.2 Å². The summed E-state index contributed by atoms with van der Waals surface area (Å²) in [5.74, 6) is -3.72. The van der Waals surface area contributed by atoms with Crippen LogP contribution in [0.3, 0.4) is 0 Å². The highest BCUT2D eigenvalue weighted by Crippen LogP contribution is 2.27. The van der Waals surface area contributed by atoms with E-state index in [1.807, 2.05) is 32.0 Å². The van der Waals surface area contributed by atoms with Gasteiger partial charge in [0.05, 0.1) is 0 Å². The number of nitrogens with two attached hydrogens (primary N) is 1. The summed E-state index contributed by atoms with van der Waals surface area (Å²) in [5, 5.41) is 24.8. The summed E-state index contributed by atoms with van der Waals surface area (Å²) < 4.78 is 31.7. The predicted octanol–water partition coefficient (Wildman–Crippen LogP) is 3.77. The number of amides is 3. The quantitative estimate of drug-likeness (QED) is 0.206. The minimum Gasteiger partial charge on any atom is -0.480 e. The van der Waals surface area contributed by atoms with Gasteiger partial charge in [-0.05, 0) is 68.7 Å². The molecule has 1 aliphatic carbocycles. The maximum Gasteiger partial charge on any atom is 0.490 e. The van der Waals surface area contributed by atoms with Crippen LogP contribution in [-0.2, 0) is 20.9 Å². The first-order valence-electron chi connectivity index (χ1n) is 13.4. The second kappa shape index (κ2) is 17.4. The second-order valence-electron chi connectivity index (χ2n) is 9.97. The highest BCUT2D eigenvalue weighted by Gasteiger charge is 2.38. The Balaban J connectivity index is 0.00000101. The molecule has 1 aromatic carbocycles. The first-order valence-corrected chi connectivity index (χ1v) is 13.4. The number of rotatable bonds is 12. The molecule has 2 atom stereocenters. The molecule has 0 heterocycles. The van der Waals surface area contributed by atoms with Crippen LogP contribution < -0.4 is 21.7 Å². The summed E-state index contributed by atoms with van der Waals surface area (Å²) in [7, 11) is 0. The van der Waals surface area contributed by atoms with Crippen molar-refractivity contribution in [1.29, 1.82) is 0 Å². The number of nitrogens with one attached hydrogen (secondary N) is 3. The second-order valence-corrected chi connectivity index (χ2v) is 9.97. The lowest BCUT2D eigenvalue weighted by Gasteiger charge is -2.27. The van der Waals surface area contributed by atoms with Crippen molar-refractivity contribution in [2.75, 3.05) is 6.54 Å². The van der Waals surface area contributed by atoms with Crippen LogP contribution in [0.4, 0.5) is 18.0 Å². The third-order valence-corrected chi connectivity index (χ3v) is 6.88. The number of hydrogen-bond donors (Lipinski definition) is 6. The van der Waals surface area contributed by atoms with Crippen LogP contribution in [0.1, 0.15) is 74.5 Å². The molecule has 7 N–H and O–H groups in total. The van der Waals surface area contributed by atoms with E-state index in [1.54, 1.807) is 0 Å². The molecule has 1 aliphatic rings. The summed E-state index contributed by atoms with van der Waals surface area (Å²) in [6.45, 7) is 4.92. The molecule has 0 aliphatic heterocycles. The number of benzene rings is 1. The van der Waals surface area contributed by atoms with E-state index in [4.69, 9.17) is 15.6 Å². The van der Waals surface area contributed by atoms with Crippen molar-refractivity contribution in [1.82, 2.24) is 16.0 Å². The summed E-state index contributed by atoms with van der Waals surface area (Å²) in [4.78, 5) is 46.1. The molecule has 1 fully saturated rings. The van der Waals surface area contributed by atoms with E-state index < -0.39 is 36.2 Å². The van der Waals surface area contributed by atoms with E-state index in [0.717, 1.165) is 42.4 Å². The normalized spacial score (nSPS) is 15.2. The molecule has 0 radical (unpaired) electrons. The van der Waals surface area contributed by atoms with Crippen molar-refractivity contribution >= 4 is 23.9 Å². The van der Waals surface area contributed by atoms with Crippen molar-refractivity contribution in [3.8, 4) is 0 Å². The monoisotopic (exact) mass is 574 g/mol. The zero-order valence-electron chi connectivity index (χ0n) is 23.0. The van der Waals surface area contributed by atoms with E-state index in [2.05, 4.69) is 16.0 Å². The molecule has 0 unspecified atom stereocenters. The van der Waals surface area contributed by atoms with Crippen molar-refractivity contribution in [3.63, 3.8) is 0 Å². The molecule has 10 nitrogen and oxygen atoms in total. The Labute approximate surface area is 232 Å². The molecule has 0 saturated heterocycles. The Bertz CT molecular complexity index is 984. The van der Waals surface area contributed by atoms with Gasteiger partial charge in [0.25, 0.3) is 0 Å². The Hall–Kier alpha value is -3.35. The Morgan fingerprint density at radius 3 is 2.15 bits per heavy atom. The Morgan fingerprint density at radius 2 is 1.60 bits per heavy atom. The molecule has 2 rings (SSSR count). The molecular formula is C27H41F3N4O6. The van der Waals surface area contributed by atoms with Gasteiger partial charge in [-0.3, -0.25) is 4.79 Å². The van der Waals surface area contributed by atoms with Crippen molar-refractivity contribution in [3.05, 3.63) is 34.9 Å². The maximum absolute atomic E-state index is 13.1. The minimum atomic E-state index is -5.08.